The van der Waals surface area contributed by atoms with Gasteiger partial charge in [-0.1, -0.05) is 36.0 Å². The lowest BCUT2D eigenvalue weighted by Crippen LogP contribution is -2.32. The lowest BCUT2D eigenvalue weighted by atomic mass is 10.1. The van der Waals surface area contributed by atoms with Crippen LogP contribution in [-0.4, -0.2) is 28.2 Å². The molecule has 0 saturated carbocycles. The fourth-order valence-corrected chi connectivity index (χ4v) is 2.11. The maximum Gasteiger partial charge on any atom is 0.471 e. The zero-order valence-electron chi connectivity index (χ0n) is 13.8. The third kappa shape index (κ3) is 4.05. The predicted molar refractivity (Wildman–Crippen MR) is 81.8 cm³/mol. The van der Waals surface area contributed by atoms with Crippen LogP contribution in [0.5, 0.6) is 0 Å². The highest BCUT2D eigenvalue weighted by Gasteiger charge is 2.38. The highest BCUT2D eigenvalue weighted by atomic mass is 19.4. The van der Waals surface area contributed by atoms with E-state index in [0.717, 1.165) is 5.06 Å². The second-order valence-electron chi connectivity index (χ2n) is 5.31. The largest absolute Gasteiger partial charge is 0.471 e. The summed E-state index contributed by atoms with van der Waals surface area (Å²) < 4.78 is 41.7. The molecular formula is C16H16F3N3O3. The molecule has 2 rings (SSSR count). The monoisotopic (exact) mass is 355 g/mol. The van der Waals surface area contributed by atoms with Gasteiger partial charge in [0.1, 0.15) is 0 Å². The minimum atomic E-state index is -4.69. The maximum atomic E-state index is 12.5. The molecule has 1 amide bonds. The Morgan fingerprint density at radius 2 is 1.92 bits per heavy atom. The van der Waals surface area contributed by atoms with Gasteiger partial charge in [0.15, 0.2) is 0 Å². The van der Waals surface area contributed by atoms with E-state index < -0.39 is 18.1 Å². The molecule has 1 unspecified atom stereocenters. The number of carbonyl (C=O) groups is 1. The Balaban J connectivity index is 2.23. The van der Waals surface area contributed by atoms with Crippen molar-refractivity contribution in [1.82, 2.24) is 15.2 Å². The summed E-state index contributed by atoms with van der Waals surface area (Å²) in [5.41, 5.74) is 1.38. The first kappa shape index (κ1) is 18.7. The smallest absolute Gasteiger partial charge is 0.329 e. The van der Waals surface area contributed by atoms with Crippen LogP contribution >= 0.6 is 0 Å². The van der Waals surface area contributed by atoms with Crippen molar-refractivity contribution < 1.29 is 27.3 Å². The molecule has 0 fully saturated rings. The first-order chi connectivity index (χ1) is 11.6. The Morgan fingerprint density at radius 3 is 2.36 bits per heavy atom. The molecule has 0 bridgehead atoms. The van der Waals surface area contributed by atoms with Crippen LogP contribution in [0.3, 0.4) is 0 Å². The van der Waals surface area contributed by atoms with Crippen molar-refractivity contribution in [2.24, 2.45) is 0 Å². The summed E-state index contributed by atoms with van der Waals surface area (Å²) in [7, 11) is 1.36. The Bertz CT molecular complexity index is 769. The first-order valence-electron chi connectivity index (χ1n) is 7.19. The molecule has 0 spiro atoms. The molecule has 1 aromatic heterocycles. The summed E-state index contributed by atoms with van der Waals surface area (Å²) >= 11 is 0. The molecule has 25 heavy (non-hydrogen) atoms. The molecule has 2 aromatic rings. The molecule has 1 heterocycles. The number of nitrogens with zero attached hydrogens (tertiary/aromatic N) is 3. The van der Waals surface area contributed by atoms with Crippen LogP contribution in [-0.2, 0) is 15.8 Å². The molecule has 0 radical (unpaired) electrons. The van der Waals surface area contributed by atoms with Gasteiger partial charge in [-0.15, -0.1) is 0 Å². The number of hydrogen-bond acceptors (Lipinski definition) is 5. The summed E-state index contributed by atoms with van der Waals surface area (Å²) in [6, 6.07) is 5.92. The standard InChI is InChI=1S/C16H16F3N3O3/c1-9(2)14(23)22(24-4)10(3)11-5-7-12(8-6-11)13-20-15(25-21-13)16(17,18)19/h5-8,10H,1H2,2-4H3. The van der Waals surface area contributed by atoms with Crippen molar-refractivity contribution in [3.8, 4) is 11.4 Å². The van der Waals surface area contributed by atoms with Crippen molar-refractivity contribution in [1.29, 1.82) is 0 Å². The maximum absolute atomic E-state index is 12.5. The quantitative estimate of drug-likeness (QED) is 0.603. The molecule has 1 atom stereocenters. The van der Waals surface area contributed by atoms with Gasteiger partial charge < -0.3 is 4.52 Å². The van der Waals surface area contributed by atoms with E-state index in [2.05, 4.69) is 21.2 Å². The normalized spacial score (nSPS) is 12.7. The number of carbonyl (C=O) groups excluding carboxylic acids is 1. The number of hydroxylamine groups is 2. The van der Waals surface area contributed by atoms with Gasteiger partial charge in [-0.25, -0.2) is 5.06 Å². The van der Waals surface area contributed by atoms with Crippen molar-refractivity contribution >= 4 is 5.91 Å². The second kappa shape index (κ2) is 7.06. The van der Waals surface area contributed by atoms with E-state index in [1.165, 1.54) is 19.2 Å². The summed E-state index contributed by atoms with van der Waals surface area (Å²) in [5, 5.41) is 4.48. The van der Waals surface area contributed by atoms with Gasteiger partial charge in [0.2, 0.25) is 5.82 Å². The van der Waals surface area contributed by atoms with Gasteiger partial charge in [-0.2, -0.15) is 18.2 Å². The molecule has 0 aliphatic heterocycles. The van der Waals surface area contributed by atoms with Crippen LogP contribution in [0.1, 0.15) is 31.3 Å². The number of amides is 1. The molecule has 9 heteroatoms. The molecular weight excluding hydrogens is 339 g/mol. The van der Waals surface area contributed by atoms with Crippen molar-refractivity contribution in [2.45, 2.75) is 26.1 Å². The van der Waals surface area contributed by atoms with Crippen LogP contribution in [0, 0.1) is 0 Å². The zero-order chi connectivity index (χ0) is 18.8. The van der Waals surface area contributed by atoms with Gasteiger partial charge in [0.25, 0.3) is 5.91 Å². The van der Waals surface area contributed by atoms with Crippen LogP contribution in [0.25, 0.3) is 11.4 Å². The Kier molecular flexibility index (Phi) is 5.27. The van der Waals surface area contributed by atoms with Gasteiger partial charge in [0, 0.05) is 11.1 Å². The van der Waals surface area contributed by atoms with Crippen LogP contribution in [0.15, 0.2) is 40.9 Å². The average molecular weight is 355 g/mol. The molecule has 6 nitrogen and oxygen atoms in total. The zero-order valence-corrected chi connectivity index (χ0v) is 13.8. The van der Waals surface area contributed by atoms with E-state index in [1.54, 1.807) is 26.0 Å². The highest BCUT2D eigenvalue weighted by Crippen LogP contribution is 2.30. The highest BCUT2D eigenvalue weighted by molar-refractivity contribution is 5.91. The van der Waals surface area contributed by atoms with E-state index in [-0.39, 0.29) is 11.7 Å². The fourth-order valence-electron chi connectivity index (χ4n) is 2.11. The van der Waals surface area contributed by atoms with Gasteiger partial charge in [0.05, 0.1) is 13.2 Å². The molecule has 134 valence electrons. The van der Waals surface area contributed by atoms with Crippen LogP contribution < -0.4 is 0 Å². The Morgan fingerprint density at radius 1 is 1.32 bits per heavy atom. The number of halogens is 3. The van der Waals surface area contributed by atoms with Gasteiger partial charge in [-0.3, -0.25) is 9.63 Å². The molecule has 0 aliphatic carbocycles. The Hall–Kier alpha value is -2.68. The van der Waals surface area contributed by atoms with E-state index in [1.807, 2.05) is 0 Å². The number of alkyl halides is 3. The Labute approximate surface area is 141 Å². The average Bonchev–Trinajstić information content (AvgIpc) is 3.05. The van der Waals surface area contributed by atoms with Crippen LogP contribution in [0.4, 0.5) is 13.2 Å². The predicted octanol–water partition coefficient (Wildman–Crippen LogP) is 3.78. The number of hydrogen-bond donors (Lipinski definition) is 0. The third-order valence-corrected chi connectivity index (χ3v) is 3.43. The van der Waals surface area contributed by atoms with Gasteiger partial charge >= 0.3 is 12.1 Å². The molecule has 0 N–H and O–H groups in total. The first-order valence-corrected chi connectivity index (χ1v) is 7.19. The van der Waals surface area contributed by atoms with E-state index in [0.29, 0.717) is 16.7 Å². The second-order valence-corrected chi connectivity index (χ2v) is 5.31. The summed E-state index contributed by atoms with van der Waals surface area (Å²) in [6.45, 7) is 6.90. The van der Waals surface area contributed by atoms with Crippen LogP contribution in [0.2, 0.25) is 0 Å². The van der Waals surface area contributed by atoms with Gasteiger partial charge in [-0.05, 0) is 19.4 Å². The molecule has 0 aliphatic rings. The summed E-state index contributed by atoms with van der Waals surface area (Å²) in [5.74, 6) is -1.95. The summed E-state index contributed by atoms with van der Waals surface area (Å²) in [6.07, 6.45) is -4.69. The number of rotatable bonds is 5. The van der Waals surface area contributed by atoms with Crippen molar-refractivity contribution in [3.63, 3.8) is 0 Å². The SMILES string of the molecule is C=C(C)C(=O)N(OC)C(C)c1ccc(-c2noc(C(F)(F)F)n2)cc1. The number of aromatic nitrogens is 2. The minimum absolute atomic E-state index is 0.173. The number of benzene rings is 1. The van der Waals surface area contributed by atoms with E-state index in [4.69, 9.17) is 4.84 Å². The summed E-state index contributed by atoms with van der Waals surface area (Å²) in [4.78, 5) is 20.5. The van der Waals surface area contributed by atoms with E-state index in [9.17, 15) is 18.0 Å². The minimum Gasteiger partial charge on any atom is -0.329 e. The van der Waals surface area contributed by atoms with Crippen molar-refractivity contribution in [2.75, 3.05) is 7.11 Å². The lowest BCUT2D eigenvalue weighted by molar-refractivity contribution is -0.183. The van der Waals surface area contributed by atoms with Crippen molar-refractivity contribution in [3.05, 3.63) is 47.9 Å². The van der Waals surface area contributed by atoms with E-state index >= 15 is 0 Å². The topological polar surface area (TPSA) is 68.5 Å². The molecule has 0 saturated heterocycles. The fraction of sp³-hybridized carbons (Fsp3) is 0.312. The molecule has 1 aromatic carbocycles. The lowest BCUT2D eigenvalue weighted by Gasteiger charge is -2.27. The third-order valence-electron chi connectivity index (χ3n) is 3.43.